The summed E-state index contributed by atoms with van der Waals surface area (Å²) in [6.07, 6.45) is 1.24. The van der Waals surface area contributed by atoms with E-state index >= 15 is 0 Å². The Morgan fingerprint density at radius 1 is 1.31 bits per heavy atom. The molecule has 1 aromatic carbocycles. The van der Waals surface area contributed by atoms with E-state index in [9.17, 15) is 29.6 Å². The first-order valence-corrected chi connectivity index (χ1v) is 8.77. The van der Waals surface area contributed by atoms with Crippen LogP contribution in [0, 0.1) is 10.1 Å². The molecule has 158 valence electrons. The fraction of sp³-hybridized carbons (Fsp3) is 0.421. The van der Waals surface area contributed by atoms with Gasteiger partial charge < -0.3 is 19.9 Å². The average Bonchev–Trinajstić information content (AvgIpc) is 2.57. The molecule has 1 atom stereocenters. The molecule has 0 heterocycles. The highest BCUT2D eigenvalue weighted by Gasteiger charge is 2.27. The first-order valence-electron chi connectivity index (χ1n) is 8.77. The van der Waals surface area contributed by atoms with E-state index < -0.39 is 34.6 Å². The van der Waals surface area contributed by atoms with Crippen molar-refractivity contribution in [2.24, 2.45) is 0 Å². The summed E-state index contributed by atoms with van der Waals surface area (Å²) in [5.74, 6) is -1.96. The van der Waals surface area contributed by atoms with Gasteiger partial charge in [0, 0.05) is 24.1 Å². The van der Waals surface area contributed by atoms with Crippen LogP contribution in [0.4, 0.5) is 10.5 Å². The first-order chi connectivity index (χ1) is 13.4. The molecule has 1 aromatic rings. The van der Waals surface area contributed by atoms with Crippen molar-refractivity contribution >= 4 is 29.8 Å². The van der Waals surface area contributed by atoms with Crippen LogP contribution in [0.2, 0.25) is 0 Å². The Hall–Kier alpha value is -3.43. The van der Waals surface area contributed by atoms with Gasteiger partial charge >= 0.3 is 18.0 Å². The van der Waals surface area contributed by atoms with Crippen molar-refractivity contribution in [1.82, 2.24) is 5.32 Å². The van der Waals surface area contributed by atoms with Crippen LogP contribution in [0.15, 0.2) is 24.3 Å². The fourth-order valence-electron chi connectivity index (χ4n) is 2.28. The van der Waals surface area contributed by atoms with E-state index in [1.165, 1.54) is 24.3 Å². The minimum Gasteiger partial charge on any atom is -0.480 e. The molecule has 10 nitrogen and oxygen atoms in total. The number of amides is 1. The molecule has 0 aromatic heterocycles. The first kappa shape index (κ1) is 23.6. The van der Waals surface area contributed by atoms with Crippen LogP contribution in [0.1, 0.15) is 38.8 Å². The van der Waals surface area contributed by atoms with Gasteiger partial charge in [0.15, 0.2) is 0 Å². The zero-order chi connectivity index (χ0) is 22.2. The van der Waals surface area contributed by atoms with Crippen LogP contribution in [0.5, 0.6) is 0 Å². The van der Waals surface area contributed by atoms with E-state index in [1.807, 2.05) is 0 Å². The summed E-state index contributed by atoms with van der Waals surface area (Å²) in [6.45, 7) is 6.70. The lowest BCUT2D eigenvalue weighted by atomic mass is 10.0. The molecule has 0 saturated heterocycles. The predicted octanol–water partition coefficient (Wildman–Crippen LogP) is 2.69. The van der Waals surface area contributed by atoms with Gasteiger partial charge in [0.1, 0.15) is 11.6 Å². The second-order valence-corrected chi connectivity index (χ2v) is 6.97. The third-order valence-corrected chi connectivity index (χ3v) is 3.41. The number of nitro benzene ring substituents is 1. The van der Waals surface area contributed by atoms with Gasteiger partial charge in [-0.1, -0.05) is 0 Å². The standard InChI is InChI=1S/C19H24N2O8/c1-5-28-16(22)9-7-12-6-8-15(21(26)27)13(10-12)11-14(17(23)24)20-18(25)29-19(2,3)4/h6-10,14H,5,11H2,1-4H3,(H,20,25)(H,23,24)/t14-/m0/s1. The van der Waals surface area contributed by atoms with Crippen molar-refractivity contribution in [1.29, 1.82) is 0 Å². The third kappa shape index (κ3) is 8.41. The summed E-state index contributed by atoms with van der Waals surface area (Å²) in [6, 6.07) is 2.54. The molecule has 10 heteroatoms. The Morgan fingerprint density at radius 2 is 1.97 bits per heavy atom. The Bertz CT molecular complexity index is 811. The van der Waals surface area contributed by atoms with E-state index in [1.54, 1.807) is 27.7 Å². The van der Waals surface area contributed by atoms with Crippen LogP contribution < -0.4 is 5.32 Å². The minimum absolute atomic E-state index is 0.0736. The summed E-state index contributed by atoms with van der Waals surface area (Å²) >= 11 is 0. The molecule has 2 N–H and O–H groups in total. The summed E-state index contributed by atoms with van der Waals surface area (Å²) in [7, 11) is 0. The van der Waals surface area contributed by atoms with Crippen LogP contribution in [-0.4, -0.2) is 46.3 Å². The minimum atomic E-state index is -1.45. The number of hydrogen-bond acceptors (Lipinski definition) is 7. The van der Waals surface area contributed by atoms with Crippen molar-refractivity contribution in [3.63, 3.8) is 0 Å². The highest BCUT2D eigenvalue weighted by molar-refractivity contribution is 5.87. The maximum absolute atomic E-state index is 11.9. The van der Waals surface area contributed by atoms with Gasteiger partial charge in [0.25, 0.3) is 5.69 Å². The van der Waals surface area contributed by atoms with Gasteiger partial charge in [-0.15, -0.1) is 0 Å². The number of nitrogens with zero attached hydrogens (tertiary/aromatic N) is 1. The van der Waals surface area contributed by atoms with E-state index in [0.29, 0.717) is 5.56 Å². The number of aliphatic carboxylic acids is 1. The van der Waals surface area contributed by atoms with Crippen molar-refractivity contribution in [2.75, 3.05) is 6.61 Å². The van der Waals surface area contributed by atoms with Gasteiger partial charge in [-0.3, -0.25) is 10.1 Å². The Balaban J connectivity index is 3.12. The number of carbonyl (C=O) groups is 3. The lowest BCUT2D eigenvalue weighted by Crippen LogP contribution is -2.44. The summed E-state index contributed by atoms with van der Waals surface area (Å²) in [4.78, 5) is 45.5. The topological polar surface area (TPSA) is 145 Å². The van der Waals surface area contributed by atoms with Crippen molar-refractivity contribution in [3.8, 4) is 0 Å². The normalized spacial score (nSPS) is 12.3. The molecule has 0 aliphatic rings. The maximum atomic E-state index is 11.9. The summed E-state index contributed by atoms with van der Waals surface area (Å²) in [5, 5.41) is 22.9. The molecule has 1 rings (SSSR count). The van der Waals surface area contributed by atoms with Crippen molar-refractivity contribution in [3.05, 3.63) is 45.5 Å². The Kier molecular flexibility index (Phi) is 8.31. The second kappa shape index (κ2) is 10.2. The van der Waals surface area contributed by atoms with E-state index in [-0.39, 0.29) is 24.3 Å². The van der Waals surface area contributed by atoms with Crippen LogP contribution in [-0.2, 0) is 25.5 Å². The molecule has 0 bridgehead atoms. The number of carboxylic acids is 1. The Labute approximate surface area is 167 Å². The lowest BCUT2D eigenvalue weighted by Gasteiger charge is -2.22. The third-order valence-electron chi connectivity index (χ3n) is 3.41. The van der Waals surface area contributed by atoms with Gasteiger partial charge in [0.05, 0.1) is 11.5 Å². The Morgan fingerprint density at radius 3 is 2.48 bits per heavy atom. The van der Waals surface area contributed by atoms with Gasteiger partial charge in [-0.25, -0.2) is 14.4 Å². The molecule has 29 heavy (non-hydrogen) atoms. The number of carboxylic acid groups (broad SMARTS) is 1. The second-order valence-electron chi connectivity index (χ2n) is 6.97. The molecular weight excluding hydrogens is 384 g/mol. The van der Waals surface area contributed by atoms with Crippen molar-refractivity contribution in [2.45, 2.75) is 45.8 Å². The number of ether oxygens (including phenoxy) is 2. The van der Waals surface area contributed by atoms with Crippen LogP contribution in [0.3, 0.4) is 0 Å². The van der Waals surface area contributed by atoms with Crippen LogP contribution >= 0.6 is 0 Å². The van der Waals surface area contributed by atoms with E-state index in [4.69, 9.17) is 9.47 Å². The number of alkyl carbamates (subject to hydrolysis) is 1. The largest absolute Gasteiger partial charge is 0.480 e. The number of nitrogens with one attached hydrogen (secondary N) is 1. The molecule has 1 amide bonds. The average molecular weight is 408 g/mol. The van der Waals surface area contributed by atoms with E-state index in [0.717, 1.165) is 6.08 Å². The summed E-state index contributed by atoms with van der Waals surface area (Å²) in [5.41, 5.74) is -0.642. The lowest BCUT2D eigenvalue weighted by molar-refractivity contribution is -0.385. The fourth-order valence-corrected chi connectivity index (χ4v) is 2.28. The number of benzene rings is 1. The number of hydrogen-bond donors (Lipinski definition) is 2. The number of esters is 1. The monoisotopic (exact) mass is 408 g/mol. The molecule has 0 radical (unpaired) electrons. The zero-order valence-electron chi connectivity index (χ0n) is 16.6. The van der Waals surface area contributed by atoms with Gasteiger partial charge in [-0.05, 0) is 51.5 Å². The highest BCUT2D eigenvalue weighted by atomic mass is 16.6. The smallest absolute Gasteiger partial charge is 0.408 e. The molecular formula is C19H24N2O8. The maximum Gasteiger partial charge on any atom is 0.408 e. The quantitative estimate of drug-likeness (QED) is 0.289. The number of nitro groups is 1. The SMILES string of the molecule is CCOC(=O)C=Cc1ccc([N+](=O)[O-])c(C[C@H](NC(=O)OC(C)(C)C)C(=O)O)c1. The highest BCUT2D eigenvalue weighted by Crippen LogP contribution is 2.23. The summed E-state index contributed by atoms with van der Waals surface area (Å²) < 4.78 is 9.80. The molecule has 0 aliphatic heterocycles. The van der Waals surface area contributed by atoms with Crippen LogP contribution in [0.25, 0.3) is 6.08 Å². The number of rotatable bonds is 8. The molecule has 0 saturated carbocycles. The van der Waals surface area contributed by atoms with Crippen molar-refractivity contribution < 1.29 is 33.9 Å². The molecule has 0 aliphatic carbocycles. The van der Waals surface area contributed by atoms with Gasteiger partial charge in [0.2, 0.25) is 0 Å². The number of carbonyl (C=O) groups excluding carboxylic acids is 2. The molecule has 0 unspecified atom stereocenters. The molecule has 0 spiro atoms. The predicted molar refractivity (Wildman–Crippen MR) is 103 cm³/mol. The van der Waals surface area contributed by atoms with E-state index in [2.05, 4.69) is 5.32 Å². The zero-order valence-corrected chi connectivity index (χ0v) is 16.6. The van der Waals surface area contributed by atoms with Gasteiger partial charge in [-0.2, -0.15) is 0 Å². The molecule has 0 fully saturated rings.